The summed E-state index contributed by atoms with van der Waals surface area (Å²) in [7, 11) is 1.28. The molecule has 0 aromatic heterocycles. The molecule has 1 aromatic rings. The van der Waals surface area contributed by atoms with E-state index in [4.69, 9.17) is 4.74 Å². The Balaban J connectivity index is 1.68. The lowest BCUT2D eigenvalue weighted by Gasteiger charge is -2.37. The molecular weight excluding hydrogens is 674 g/mol. The van der Waals surface area contributed by atoms with Gasteiger partial charge in [-0.15, -0.1) is 0 Å². The number of anilines is 1. The van der Waals surface area contributed by atoms with Crippen LogP contribution in [0.25, 0.3) is 6.08 Å². The molecular formula is C36H55N7O9. The van der Waals surface area contributed by atoms with Crippen LogP contribution in [0.3, 0.4) is 0 Å². The molecule has 16 heteroatoms. The van der Waals surface area contributed by atoms with Crippen LogP contribution in [0, 0.1) is 0 Å². The van der Waals surface area contributed by atoms with Gasteiger partial charge >= 0.3 is 23.9 Å². The summed E-state index contributed by atoms with van der Waals surface area (Å²) in [4.78, 5) is 76.9. The first kappa shape index (κ1) is 42.0. The fraction of sp³-hybridized carbons (Fsp3) is 0.611. The fourth-order valence-electron chi connectivity index (χ4n) is 6.41. The molecule has 0 bridgehead atoms. The molecule has 3 N–H and O–H groups in total. The topological polar surface area (TPSA) is 187 Å². The number of carbonyl (C=O) groups excluding carboxylic acids is 2. The summed E-state index contributed by atoms with van der Waals surface area (Å²) < 4.78 is 4.80. The zero-order valence-corrected chi connectivity index (χ0v) is 30.7. The Kier molecular flexibility index (Phi) is 17.7. The number of aliphatic carboxylic acids is 3. The van der Waals surface area contributed by atoms with Gasteiger partial charge in [0.1, 0.15) is 6.04 Å². The van der Waals surface area contributed by atoms with Gasteiger partial charge < -0.3 is 29.9 Å². The number of carboxylic acid groups (broad SMARTS) is 3. The molecule has 0 aliphatic carbocycles. The summed E-state index contributed by atoms with van der Waals surface area (Å²) in [5.41, 5.74) is 2.94. The second kappa shape index (κ2) is 21.9. The van der Waals surface area contributed by atoms with Crippen molar-refractivity contribution >= 4 is 53.4 Å². The number of nitrogens with zero attached hydrogens (tertiary/aromatic N) is 7. The molecule has 1 unspecified atom stereocenters. The zero-order valence-electron chi connectivity index (χ0n) is 30.7. The van der Waals surface area contributed by atoms with E-state index in [1.807, 2.05) is 38.3 Å². The van der Waals surface area contributed by atoms with E-state index in [-0.39, 0.29) is 77.7 Å². The normalized spacial score (nSPS) is 18.6. The van der Waals surface area contributed by atoms with E-state index in [9.17, 15) is 39.3 Å². The Morgan fingerprint density at radius 3 is 1.87 bits per heavy atom. The zero-order chi connectivity index (χ0) is 38.0. The van der Waals surface area contributed by atoms with E-state index < -0.39 is 29.9 Å². The van der Waals surface area contributed by atoms with Crippen molar-refractivity contribution in [3.8, 4) is 0 Å². The monoisotopic (exact) mass is 729 g/mol. The number of hydrogen-bond donors (Lipinski definition) is 3. The van der Waals surface area contributed by atoms with Crippen LogP contribution < -0.4 is 4.90 Å². The minimum atomic E-state index is -1.11. The Hall–Kier alpha value is -4.38. The number of aliphatic imine (C=N–C) groups is 1. The molecule has 16 nitrogen and oxygen atoms in total. The Bertz CT molecular complexity index is 1380. The molecule has 2 heterocycles. The summed E-state index contributed by atoms with van der Waals surface area (Å²) in [6.45, 7) is 7.66. The van der Waals surface area contributed by atoms with Gasteiger partial charge in [-0.25, -0.2) is 0 Å². The number of piperazine rings is 1. The lowest BCUT2D eigenvalue weighted by molar-refractivity contribution is -0.145. The SMILES string of the molecule is C/C=C\c1ccc(N2CCN(C(=O)CCC(C(=O)O)N3CCN(CC(=O)O)CCN(CC(=O)OC)CCN(CC(=O)O)CC3)CC2)cc1N=CCC. The van der Waals surface area contributed by atoms with Crippen molar-refractivity contribution in [1.82, 2.24) is 24.5 Å². The summed E-state index contributed by atoms with van der Waals surface area (Å²) in [5, 5.41) is 29.5. The van der Waals surface area contributed by atoms with Crippen LogP contribution in [0.1, 0.15) is 38.7 Å². The van der Waals surface area contributed by atoms with E-state index >= 15 is 0 Å². The average molecular weight is 730 g/mol. The van der Waals surface area contributed by atoms with Crippen LogP contribution in [0.5, 0.6) is 0 Å². The first-order valence-corrected chi connectivity index (χ1v) is 17.9. The van der Waals surface area contributed by atoms with Crippen LogP contribution in [0.15, 0.2) is 29.3 Å². The quantitative estimate of drug-likeness (QED) is 0.173. The fourth-order valence-corrected chi connectivity index (χ4v) is 6.41. The standard InChI is InChI=1S/C36H55N7O9/c1-4-6-28-7-8-29(24-30(28)37-11-5-2)41-20-22-43(23-21-41)32(44)10-9-31(36(50)51)42-18-16-38(25-33(45)46)12-14-40(27-35(49)52-3)15-13-39(17-19-42)26-34(47)48/h4,6-8,11,24,31H,5,9-10,12-23,25-27H2,1-3H3,(H,45,46)(H,47,48)(H,50,51)/b6-4-,37-11?. The van der Waals surface area contributed by atoms with Gasteiger partial charge in [0.25, 0.3) is 0 Å². The van der Waals surface area contributed by atoms with Gasteiger partial charge in [-0.3, -0.25) is 48.6 Å². The van der Waals surface area contributed by atoms with Gasteiger partial charge in [-0.2, -0.15) is 0 Å². The average Bonchev–Trinajstić information content (AvgIpc) is 3.11. The lowest BCUT2D eigenvalue weighted by atomic mass is 10.1. The minimum Gasteiger partial charge on any atom is -0.480 e. The largest absolute Gasteiger partial charge is 0.480 e. The summed E-state index contributed by atoms with van der Waals surface area (Å²) in [6.07, 6.45) is 6.76. The van der Waals surface area contributed by atoms with Crippen molar-refractivity contribution in [2.45, 2.75) is 39.2 Å². The first-order valence-electron chi connectivity index (χ1n) is 17.9. The smallest absolute Gasteiger partial charge is 0.320 e. The molecule has 52 heavy (non-hydrogen) atoms. The van der Waals surface area contributed by atoms with E-state index in [1.54, 1.807) is 24.5 Å². The third-order valence-corrected chi connectivity index (χ3v) is 9.30. The summed E-state index contributed by atoms with van der Waals surface area (Å²) >= 11 is 0. The van der Waals surface area contributed by atoms with Crippen molar-refractivity contribution in [2.75, 3.05) is 110 Å². The number of carbonyl (C=O) groups is 5. The molecule has 2 aliphatic heterocycles. The predicted molar refractivity (Wildman–Crippen MR) is 197 cm³/mol. The van der Waals surface area contributed by atoms with Gasteiger partial charge in [-0.1, -0.05) is 25.1 Å². The maximum absolute atomic E-state index is 13.4. The first-order chi connectivity index (χ1) is 24.9. The van der Waals surface area contributed by atoms with Crippen molar-refractivity contribution in [1.29, 1.82) is 0 Å². The van der Waals surface area contributed by atoms with Crippen LogP contribution >= 0.6 is 0 Å². The number of esters is 1. The van der Waals surface area contributed by atoms with Crippen molar-refractivity contribution in [3.63, 3.8) is 0 Å². The molecule has 0 radical (unpaired) electrons. The highest BCUT2D eigenvalue weighted by molar-refractivity contribution is 5.79. The number of amides is 1. The summed E-state index contributed by atoms with van der Waals surface area (Å²) in [6, 6.07) is 5.11. The van der Waals surface area contributed by atoms with Crippen molar-refractivity contribution < 1.29 is 44.0 Å². The molecule has 288 valence electrons. The van der Waals surface area contributed by atoms with Gasteiger partial charge in [0, 0.05) is 96.9 Å². The number of carboxylic acids is 3. The number of methoxy groups -OCH3 is 1. The van der Waals surface area contributed by atoms with Crippen LogP contribution in [-0.2, 0) is 28.7 Å². The van der Waals surface area contributed by atoms with E-state index in [1.165, 1.54) is 7.11 Å². The van der Waals surface area contributed by atoms with E-state index in [2.05, 4.69) is 22.0 Å². The van der Waals surface area contributed by atoms with E-state index in [0.29, 0.717) is 39.3 Å². The second-order valence-corrected chi connectivity index (χ2v) is 13.0. The number of hydrogen-bond acceptors (Lipinski definition) is 12. The molecule has 1 atom stereocenters. The van der Waals surface area contributed by atoms with Crippen molar-refractivity contribution in [3.05, 3.63) is 29.8 Å². The Morgan fingerprint density at radius 1 is 0.808 bits per heavy atom. The molecule has 0 saturated carbocycles. The van der Waals surface area contributed by atoms with Gasteiger partial charge in [0.15, 0.2) is 0 Å². The van der Waals surface area contributed by atoms with Crippen molar-refractivity contribution in [2.24, 2.45) is 4.99 Å². The lowest BCUT2D eigenvalue weighted by Crippen LogP contribution is -2.52. The highest BCUT2D eigenvalue weighted by Gasteiger charge is 2.30. The second-order valence-electron chi connectivity index (χ2n) is 13.0. The third-order valence-electron chi connectivity index (χ3n) is 9.30. The van der Waals surface area contributed by atoms with Crippen LogP contribution in [0.4, 0.5) is 11.4 Å². The highest BCUT2D eigenvalue weighted by Crippen LogP contribution is 2.28. The predicted octanol–water partition coefficient (Wildman–Crippen LogP) is 1.28. The number of rotatable bonds is 15. The molecule has 2 aliphatic rings. The number of allylic oxidation sites excluding steroid dienone is 1. The molecule has 1 amide bonds. The highest BCUT2D eigenvalue weighted by atomic mass is 16.5. The van der Waals surface area contributed by atoms with Gasteiger partial charge in [0.2, 0.25) is 5.91 Å². The molecule has 2 fully saturated rings. The number of benzene rings is 1. The van der Waals surface area contributed by atoms with Crippen LogP contribution in [-0.4, -0.2) is 187 Å². The van der Waals surface area contributed by atoms with Gasteiger partial charge in [-0.05, 0) is 37.5 Å². The maximum Gasteiger partial charge on any atom is 0.320 e. The Labute approximate surface area is 305 Å². The van der Waals surface area contributed by atoms with Gasteiger partial charge in [0.05, 0.1) is 32.4 Å². The Morgan fingerprint density at radius 2 is 1.37 bits per heavy atom. The molecule has 1 aromatic carbocycles. The number of ether oxygens (including phenoxy) is 1. The summed E-state index contributed by atoms with van der Waals surface area (Å²) in [5.74, 6) is -3.78. The molecule has 2 saturated heterocycles. The van der Waals surface area contributed by atoms with E-state index in [0.717, 1.165) is 23.4 Å². The minimum absolute atomic E-state index is 0.0154. The van der Waals surface area contributed by atoms with Crippen LogP contribution in [0.2, 0.25) is 0 Å². The molecule has 3 rings (SSSR count). The maximum atomic E-state index is 13.4. The third kappa shape index (κ3) is 14.0. The molecule has 0 spiro atoms.